The molecule has 0 spiro atoms. The van der Waals surface area contributed by atoms with E-state index in [0.29, 0.717) is 5.92 Å². The summed E-state index contributed by atoms with van der Waals surface area (Å²) in [6, 6.07) is 0. The van der Waals surface area contributed by atoms with E-state index in [9.17, 15) is 0 Å². The van der Waals surface area contributed by atoms with Gasteiger partial charge >= 0.3 is 0 Å². The second-order valence-electron chi connectivity index (χ2n) is 4.10. The van der Waals surface area contributed by atoms with Crippen molar-refractivity contribution in [2.75, 3.05) is 0 Å². The molecule has 1 aliphatic carbocycles. The maximum Gasteiger partial charge on any atom is 0.0650 e. The zero-order valence-corrected chi connectivity index (χ0v) is 9.30. The van der Waals surface area contributed by atoms with E-state index < -0.39 is 0 Å². The zero-order chi connectivity index (χ0) is 10.1. The monoisotopic (exact) mass is 190 g/mol. The number of hydrogen-bond acceptors (Lipinski definition) is 2. The van der Waals surface area contributed by atoms with Crippen molar-refractivity contribution >= 4 is 0 Å². The van der Waals surface area contributed by atoms with Gasteiger partial charge in [0.2, 0.25) is 0 Å². The highest BCUT2D eigenvalue weighted by Crippen LogP contribution is 2.30. The van der Waals surface area contributed by atoms with Crippen molar-refractivity contribution in [2.24, 2.45) is 0 Å². The third-order valence-electron chi connectivity index (χ3n) is 3.10. The predicted molar refractivity (Wildman–Crippen MR) is 57.5 cm³/mol. The average Bonchev–Trinajstić information content (AvgIpc) is 2.58. The normalized spacial score (nSPS) is 19.8. The van der Waals surface area contributed by atoms with Crippen molar-refractivity contribution in [1.29, 1.82) is 0 Å². The molecule has 0 saturated carbocycles. The Hall–Kier alpha value is -0.920. The van der Waals surface area contributed by atoms with Crippen molar-refractivity contribution < 1.29 is 0 Å². The third-order valence-corrected chi connectivity index (χ3v) is 3.10. The Morgan fingerprint density at radius 1 is 1.14 bits per heavy atom. The molecule has 2 heteroatoms. The van der Waals surface area contributed by atoms with E-state index >= 15 is 0 Å². The maximum absolute atomic E-state index is 4.76. The Kier molecular flexibility index (Phi) is 2.53. The van der Waals surface area contributed by atoms with Crippen LogP contribution in [0, 0.1) is 0 Å². The minimum Gasteiger partial charge on any atom is -0.254 e. The molecule has 1 unspecified atom stereocenters. The van der Waals surface area contributed by atoms with Gasteiger partial charge in [0.05, 0.1) is 22.8 Å². The number of aromatic nitrogens is 2. The molecule has 0 N–H and O–H groups in total. The molecule has 0 bridgehead atoms. The summed E-state index contributed by atoms with van der Waals surface area (Å²) in [5, 5.41) is 0. The van der Waals surface area contributed by atoms with Crippen LogP contribution in [0.1, 0.15) is 55.9 Å². The molecule has 1 heterocycles. The molecule has 0 amide bonds. The largest absolute Gasteiger partial charge is 0.254 e. The second-order valence-corrected chi connectivity index (χ2v) is 4.10. The molecule has 76 valence electrons. The summed E-state index contributed by atoms with van der Waals surface area (Å²) in [5.41, 5.74) is 4.94. The van der Waals surface area contributed by atoms with Gasteiger partial charge in [-0.3, -0.25) is 9.97 Å². The van der Waals surface area contributed by atoms with E-state index in [1.54, 1.807) is 0 Å². The molecule has 1 aliphatic rings. The van der Waals surface area contributed by atoms with Crippen LogP contribution in [0.4, 0.5) is 0 Å². The number of hydrogen-bond donors (Lipinski definition) is 0. The number of aryl methyl sites for hydroxylation is 3. The van der Waals surface area contributed by atoms with Crippen LogP contribution in [0.25, 0.3) is 0 Å². The van der Waals surface area contributed by atoms with Gasteiger partial charge < -0.3 is 0 Å². The number of fused-ring (bicyclic) bond motifs is 1. The second kappa shape index (κ2) is 3.68. The first-order valence-electron chi connectivity index (χ1n) is 5.64. The summed E-state index contributed by atoms with van der Waals surface area (Å²) in [4.78, 5) is 9.49. The van der Waals surface area contributed by atoms with Gasteiger partial charge in [0.25, 0.3) is 0 Å². The fraction of sp³-hybridized carbons (Fsp3) is 0.667. The Balaban J connectivity index is 2.49. The summed E-state index contributed by atoms with van der Waals surface area (Å²) in [5.74, 6) is 0.619. The van der Waals surface area contributed by atoms with Crippen molar-refractivity contribution in [1.82, 2.24) is 9.97 Å². The fourth-order valence-corrected chi connectivity index (χ4v) is 2.19. The summed E-state index contributed by atoms with van der Waals surface area (Å²) in [7, 11) is 0. The highest BCUT2D eigenvalue weighted by Gasteiger charge is 2.22. The first kappa shape index (κ1) is 9.63. The highest BCUT2D eigenvalue weighted by molar-refractivity contribution is 5.27. The Morgan fingerprint density at radius 3 is 2.43 bits per heavy atom. The third kappa shape index (κ3) is 1.43. The zero-order valence-electron chi connectivity index (χ0n) is 9.30. The van der Waals surface area contributed by atoms with E-state index in [0.717, 1.165) is 19.3 Å². The molecule has 14 heavy (non-hydrogen) atoms. The van der Waals surface area contributed by atoms with E-state index in [2.05, 4.69) is 20.8 Å². The first-order chi connectivity index (χ1) is 6.76. The van der Waals surface area contributed by atoms with Crippen molar-refractivity contribution in [2.45, 2.75) is 52.4 Å². The minimum absolute atomic E-state index is 0.619. The lowest BCUT2D eigenvalue weighted by Crippen LogP contribution is -2.05. The Morgan fingerprint density at radius 2 is 1.79 bits per heavy atom. The predicted octanol–water partition coefficient (Wildman–Crippen LogP) is 2.65. The van der Waals surface area contributed by atoms with Gasteiger partial charge in [-0.05, 0) is 25.7 Å². The van der Waals surface area contributed by atoms with Crippen LogP contribution in [0.3, 0.4) is 0 Å². The smallest absolute Gasteiger partial charge is 0.0650 e. The minimum atomic E-state index is 0.619. The molecule has 0 saturated heterocycles. The highest BCUT2D eigenvalue weighted by atomic mass is 14.9. The van der Waals surface area contributed by atoms with Crippen LogP contribution in [0.5, 0.6) is 0 Å². The fourth-order valence-electron chi connectivity index (χ4n) is 2.19. The van der Waals surface area contributed by atoms with Crippen molar-refractivity contribution in [3.05, 3.63) is 22.8 Å². The summed E-state index contributed by atoms with van der Waals surface area (Å²) in [6.07, 6.45) is 4.38. The van der Waals surface area contributed by atoms with E-state index in [-0.39, 0.29) is 0 Å². The molecule has 0 fully saturated rings. The maximum atomic E-state index is 4.76. The van der Waals surface area contributed by atoms with Crippen LogP contribution in [-0.4, -0.2) is 9.97 Å². The first-order valence-corrected chi connectivity index (χ1v) is 5.64. The molecule has 1 aromatic rings. The van der Waals surface area contributed by atoms with Gasteiger partial charge in [-0.25, -0.2) is 0 Å². The summed E-state index contributed by atoms with van der Waals surface area (Å²) in [6.45, 7) is 6.58. The summed E-state index contributed by atoms with van der Waals surface area (Å²) >= 11 is 0. The number of nitrogens with zero attached hydrogens (tertiary/aromatic N) is 2. The van der Waals surface area contributed by atoms with Crippen molar-refractivity contribution in [3.8, 4) is 0 Å². The van der Waals surface area contributed by atoms with Crippen LogP contribution in [0.2, 0.25) is 0 Å². The molecule has 1 atom stereocenters. The average molecular weight is 190 g/mol. The van der Waals surface area contributed by atoms with Crippen LogP contribution in [0.15, 0.2) is 0 Å². The van der Waals surface area contributed by atoms with E-state index in [1.807, 2.05) is 0 Å². The molecule has 1 aromatic heterocycles. The van der Waals surface area contributed by atoms with Crippen LogP contribution in [-0.2, 0) is 19.3 Å². The lowest BCUT2D eigenvalue weighted by atomic mass is 10.1. The van der Waals surface area contributed by atoms with Gasteiger partial charge in [-0.2, -0.15) is 0 Å². The van der Waals surface area contributed by atoms with Gasteiger partial charge in [0, 0.05) is 5.92 Å². The molecule has 2 nitrogen and oxygen atoms in total. The molecular weight excluding hydrogens is 172 g/mol. The SMILES string of the molecule is CCc1nc2c(nc1CC)C(C)CC2. The molecule has 2 rings (SSSR count). The quantitative estimate of drug-likeness (QED) is 0.716. The van der Waals surface area contributed by atoms with Crippen LogP contribution < -0.4 is 0 Å². The van der Waals surface area contributed by atoms with E-state index in [4.69, 9.17) is 9.97 Å². The van der Waals surface area contributed by atoms with Gasteiger partial charge in [-0.15, -0.1) is 0 Å². The molecule has 0 aliphatic heterocycles. The van der Waals surface area contributed by atoms with Gasteiger partial charge in [0.15, 0.2) is 0 Å². The number of rotatable bonds is 2. The topological polar surface area (TPSA) is 25.8 Å². The standard InChI is InChI=1S/C12H18N2/c1-4-9-10(5-2)14-12-8(3)6-7-11(12)13-9/h8H,4-7H2,1-3H3. The van der Waals surface area contributed by atoms with Gasteiger partial charge in [-0.1, -0.05) is 20.8 Å². The van der Waals surface area contributed by atoms with Crippen LogP contribution >= 0.6 is 0 Å². The lowest BCUT2D eigenvalue weighted by Gasteiger charge is -2.09. The molecule has 0 radical (unpaired) electrons. The molecular formula is C12H18N2. The molecule has 0 aromatic carbocycles. The van der Waals surface area contributed by atoms with E-state index in [1.165, 1.54) is 29.2 Å². The Labute approximate surface area is 85.8 Å². The Bertz CT molecular complexity index is 344. The summed E-state index contributed by atoms with van der Waals surface area (Å²) < 4.78 is 0. The lowest BCUT2D eigenvalue weighted by molar-refractivity contribution is 0.726. The van der Waals surface area contributed by atoms with Gasteiger partial charge in [0.1, 0.15) is 0 Å². The van der Waals surface area contributed by atoms with Crippen molar-refractivity contribution in [3.63, 3.8) is 0 Å².